The van der Waals surface area contributed by atoms with Crippen molar-refractivity contribution in [3.8, 4) is 0 Å². The second-order valence-corrected chi connectivity index (χ2v) is 5.77. The highest BCUT2D eigenvalue weighted by molar-refractivity contribution is 5.28. The van der Waals surface area contributed by atoms with Gasteiger partial charge in [0, 0.05) is 18.3 Å². The van der Waals surface area contributed by atoms with Gasteiger partial charge < -0.3 is 10.5 Å². The van der Waals surface area contributed by atoms with Crippen LogP contribution in [0.3, 0.4) is 0 Å². The molecule has 1 fully saturated rings. The first-order chi connectivity index (χ1) is 9.69. The van der Waals surface area contributed by atoms with E-state index in [4.69, 9.17) is 15.6 Å². The van der Waals surface area contributed by atoms with Crippen LogP contribution in [0.15, 0.2) is 0 Å². The standard InChI is InChI=1S/C16H29N3O/c1-4-12(17)10-14-15(5-2)18-19(16(14)6-3)11-13-8-7-9-20-13/h12-13H,4-11,17H2,1-3H3. The Morgan fingerprint density at radius 1 is 1.35 bits per heavy atom. The number of aromatic nitrogens is 2. The molecule has 2 rings (SSSR count). The number of ether oxygens (including phenoxy) is 1. The second kappa shape index (κ2) is 7.23. The van der Waals surface area contributed by atoms with E-state index in [0.717, 1.165) is 45.3 Å². The minimum Gasteiger partial charge on any atom is -0.376 e. The summed E-state index contributed by atoms with van der Waals surface area (Å²) in [6, 6.07) is 0.242. The molecule has 0 spiro atoms. The summed E-state index contributed by atoms with van der Waals surface area (Å²) in [5.41, 5.74) is 10.1. The minimum atomic E-state index is 0.242. The molecule has 0 amide bonds. The molecule has 0 aromatic carbocycles. The Balaban J connectivity index is 2.22. The Morgan fingerprint density at radius 2 is 2.15 bits per heavy atom. The van der Waals surface area contributed by atoms with Crippen molar-refractivity contribution in [2.45, 2.75) is 78.0 Å². The van der Waals surface area contributed by atoms with Crippen LogP contribution in [0.5, 0.6) is 0 Å². The van der Waals surface area contributed by atoms with Crippen LogP contribution in [0.2, 0.25) is 0 Å². The molecule has 1 aromatic rings. The van der Waals surface area contributed by atoms with Gasteiger partial charge >= 0.3 is 0 Å². The van der Waals surface area contributed by atoms with Gasteiger partial charge in [-0.1, -0.05) is 20.8 Å². The molecule has 2 heterocycles. The summed E-state index contributed by atoms with van der Waals surface area (Å²) in [4.78, 5) is 0. The lowest BCUT2D eigenvalue weighted by molar-refractivity contribution is 0.0931. The van der Waals surface area contributed by atoms with Crippen molar-refractivity contribution in [2.24, 2.45) is 5.73 Å². The number of nitrogens with two attached hydrogens (primary N) is 1. The van der Waals surface area contributed by atoms with Crippen molar-refractivity contribution in [3.63, 3.8) is 0 Å². The zero-order chi connectivity index (χ0) is 14.5. The van der Waals surface area contributed by atoms with Gasteiger partial charge in [-0.15, -0.1) is 0 Å². The lowest BCUT2D eigenvalue weighted by atomic mass is 10.00. The first kappa shape index (κ1) is 15.5. The Morgan fingerprint density at radius 3 is 2.70 bits per heavy atom. The van der Waals surface area contributed by atoms with Gasteiger partial charge in [-0.2, -0.15) is 5.10 Å². The van der Waals surface area contributed by atoms with Crippen LogP contribution in [0.25, 0.3) is 0 Å². The van der Waals surface area contributed by atoms with Gasteiger partial charge in [-0.3, -0.25) is 4.68 Å². The molecule has 20 heavy (non-hydrogen) atoms. The average molecular weight is 279 g/mol. The number of nitrogens with zero attached hydrogens (tertiary/aromatic N) is 2. The van der Waals surface area contributed by atoms with E-state index >= 15 is 0 Å². The summed E-state index contributed by atoms with van der Waals surface area (Å²) < 4.78 is 7.94. The second-order valence-electron chi connectivity index (χ2n) is 5.77. The molecule has 1 saturated heterocycles. The third-order valence-electron chi connectivity index (χ3n) is 4.31. The van der Waals surface area contributed by atoms with E-state index in [1.807, 2.05) is 0 Å². The van der Waals surface area contributed by atoms with Crippen LogP contribution < -0.4 is 5.73 Å². The third-order valence-corrected chi connectivity index (χ3v) is 4.31. The lowest BCUT2D eigenvalue weighted by Gasteiger charge is -2.14. The number of aryl methyl sites for hydroxylation is 1. The first-order valence-electron chi connectivity index (χ1n) is 8.14. The fourth-order valence-corrected chi connectivity index (χ4v) is 3.04. The average Bonchev–Trinajstić information content (AvgIpc) is 3.07. The summed E-state index contributed by atoms with van der Waals surface area (Å²) in [5.74, 6) is 0. The summed E-state index contributed by atoms with van der Waals surface area (Å²) in [6.45, 7) is 8.35. The van der Waals surface area contributed by atoms with Crippen LogP contribution in [0.4, 0.5) is 0 Å². The molecule has 0 saturated carbocycles. The Bertz CT molecular complexity index is 422. The summed E-state index contributed by atoms with van der Waals surface area (Å²) in [7, 11) is 0. The SMILES string of the molecule is CCc1nn(CC2CCCO2)c(CC)c1CC(N)CC. The topological polar surface area (TPSA) is 53.1 Å². The van der Waals surface area contributed by atoms with Crippen LogP contribution in [-0.2, 0) is 30.5 Å². The molecule has 2 unspecified atom stereocenters. The van der Waals surface area contributed by atoms with E-state index in [1.165, 1.54) is 23.4 Å². The van der Waals surface area contributed by atoms with Gasteiger partial charge in [-0.25, -0.2) is 0 Å². The number of rotatable bonds is 7. The maximum atomic E-state index is 6.16. The highest BCUT2D eigenvalue weighted by Crippen LogP contribution is 2.21. The largest absolute Gasteiger partial charge is 0.376 e. The predicted octanol–water partition coefficient (Wildman–Crippen LogP) is 2.47. The molecule has 4 heteroatoms. The zero-order valence-electron chi connectivity index (χ0n) is 13.2. The molecular formula is C16H29N3O. The third kappa shape index (κ3) is 3.41. The lowest BCUT2D eigenvalue weighted by Crippen LogP contribution is -2.23. The monoisotopic (exact) mass is 279 g/mol. The van der Waals surface area contributed by atoms with Crippen molar-refractivity contribution in [3.05, 3.63) is 17.0 Å². The van der Waals surface area contributed by atoms with Gasteiger partial charge in [-0.05, 0) is 44.1 Å². The van der Waals surface area contributed by atoms with Gasteiger partial charge in [0.25, 0.3) is 0 Å². The van der Waals surface area contributed by atoms with Crippen LogP contribution in [-0.4, -0.2) is 28.5 Å². The summed E-state index contributed by atoms with van der Waals surface area (Å²) in [5, 5.41) is 4.83. The van der Waals surface area contributed by atoms with Gasteiger partial charge in [0.2, 0.25) is 0 Å². The minimum absolute atomic E-state index is 0.242. The number of hydrogen-bond donors (Lipinski definition) is 1. The first-order valence-corrected chi connectivity index (χ1v) is 8.14. The van der Waals surface area contributed by atoms with E-state index < -0.39 is 0 Å². The van der Waals surface area contributed by atoms with Gasteiger partial charge in [0.15, 0.2) is 0 Å². The molecule has 1 aliphatic rings. The Kier molecular flexibility index (Phi) is 5.61. The smallest absolute Gasteiger partial charge is 0.0771 e. The molecule has 0 aliphatic carbocycles. The molecule has 2 N–H and O–H groups in total. The fraction of sp³-hybridized carbons (Fsp3) is 0.812. The molecule has 114 valence electrons. The Hall–Kier alpha value is -0.870. The van der Waals surface area contributed by atoms with Crippen molar-refractivity contribution >= 4 is 0 Å². The van der Waals surface area contributed by atoms with Crippen LogP contribution in [0.1, 0.15) is 57.0 Å². The fourth-order valence-electron chi connectivity index (χ4n) is 3.04. The summed E-state index contributed by atoms with van der Waals surface area (Å²) in [6.07, 6.45) is 6.66. The molecule has 1 aromatic heterocycles. The summed E-state index contributed by atoms with van der Waals surface area (Å²) >= 11 is 0. The van der Waals surface area contributed by atoms with Gasteiger partial charge in [0.05, 0.1) is 18.3 Å². The molecular weight excluding hydrogens is 250 g/mol. The highest BCUT2D eigenvalue weighted by atomic mass is 16.5. The molecule has 1 aliphatic heterocycles. The van der Waals surface area contributed by atoms with E-state index in [1.54, 1.807) is 0 Å². The van der Waals surface area contributed by atoms with E-state index in [9.17, 15) is 0 Å². The van der Waals surface area contributed by atoms with Crippen molar-refractivity contribution in [1.82, 2.24) is 9.78 Å². The molecule has 4 nitrogen and oxygen atoms in total. The normalized spacial score (nSPS) is 20.5. The number of hydrogen-bond acceptors (Lipinski definition) is 3. The van der Waals surface area contributed by atoms with Crippen molar-refractivity contribution in [2.75, 3.05) is 6.61 Å². The maximum Gasteiger partial charge on any atom is 0.0771 e. The predicted molar refractivity (Wildman–Crippen MR) is 81.9 cm³/mol. The maximum absolute atomic E-state index is 6.16. The zero-order valence-corrected chi connectivity index (χ0v) is 13.2. The van der Waals surface area contributed by atoms with Crippen molar-refractivity contribution < 1.29 is 4.74 Å². The highest BCUT2D eigenvalue weighted by Gasteiger charge is 2.21. The van der Waals surface area contributed by atoms with Crippen LogP contribution >= 0.6 is 0 Å². The molecule has 2 atom stereocenters. The molecule has 0 bridgehead atoms. The van der Waals surface area contributed by atoms with Crippen molar-refractivity contribution in [1.29, 1.82) is 0 Å². The van der Waals surface area contributed by atoms with E-state index in [2.05, 4.69) is 25.5 Å². The van der Waals surface area contributed by atoms with E-state index in [0.29, 0.717) is 6.10 Å². The van der Waals surface area contributed by atoms with Crippen LogP contribution in [0, 0.1) is 0 Å². The van der Waals surface area contributed by atoms with E-state index in [-0.39, 0.29) is 6.04 Å². The molecule has 0 radical (unpaired) electrons. The quantitative estimate of drug-likeness (QED) is 0.834. The van der Waals surface area contributed by atoms with Gasteiger partial charge in [0.1, 0.15) is 0 Å². The Labute approximate surface area is 122 Å².